The standard InChI is InChI=1S/C13H22N2O2/c1-9(2)11(16)5-7-13(14-15-13)8-6-12(17)10(3)4/h9-10H,5-8H2,1-4H3. The van der Waals surface area contributed by atoms with Crippen LogP contribution in [0.4, 0.5) is 0 Å². The predicted octanol–water partition coefficient (Wildman–Crippen LogP) is 3.16. The van der Waals surface area contributed by atoms with Crippen LogP contribution in [0.5, 0.6) is 0 Å². The van der Waals surface area contributed by atoms with Crippen molar-refractivity contribution < 1.29 is 9.59 Å². The maximum atomic E-state index is 11.5. The van der Waals surface area contributed by atoms with Crippen LogP contribution in [0, 0.1) is 11.8 Å². The van der Waals surface area contributed by atoms with Gasteiger partial charge in [-0.3, -0.25) is 9.59 Å². The molecule has 1 heterocycles. The number of rotatable bonds is 8. The summed E-state index contributed by atoms with van der Waals surface area (Å²) >= 11 is 0. The molecule has 4 heteroatoms. The van der Waals surface area contributed by atoms with Crippen LogP contribution in [0.15, 0.2) is 10.2 Å². The quantitative estimate of drug-likeness (QED) is 0.652. The van der Waals surface area contributed by atoms with Crippen LogP contribution in [-0.4, -0.2) is 17.2 Å². The Morgan fingerprint density at radius 2 is 1.24 bits per heavy atom. The van der Waals surface area contributed by atoms with Crippen molar-refractivity contribution in [2.24, 2.45) is 22.1 Å². The van der Waals surface area contributed by atoms with Crippen LogP contribution in [0.2, 0.25) is 0 Å². The molecule has 1 aliphatic heterocycles. The highest BCUT2D eigenvalue weighted by Gasteiger charge is 2.40. The van der Waals surface area contributed by atoms with Gasteiger partial charge in [-0.25, -0.2) is 0 Å². The van der Waals surface area contributed by atoms with Crippen LogP contribution in [-0.2, 0) is 9.59 Å². The second-order valence-electron chi connectivity index (χ2n) is 5.42. The van der Waals surface area contributed by atoms with Gasteiger partial charge in [0.25, 0.3) is 0 Å². The molecular formula is C13H22N2O2. The molecule has 4 nitrogen and oxygen atoms in total. The van der Waals surface area contributed by atoms with E-state index in [1.165, 1.54) is 0 Å². The van der Waals surface area contributed by atoms with Gasteiger partial charge in [-0.05, 0) is 0 Å². The average molecular weight is 238 g/mol. The lowest BCUT2D eigenvalue weighted by Crippen LogP contribution is -2.18. The van der Waals surface area contributed by atoms with Gasteiger partial charge in [-0.2, -0.15) is 10.2 Å². The van der Waals surface area contributed by atoms with Crippen LogP contribution >= 0.6 is 0 Å². The molecule has 0 spiro atoms. The topological polar surface area (TPSA) is 58.9 Å². The minimum Gasteiger partial charge on any atom is -0.299 e. The van der Waals surface area contributed by atoms with E-state index in [-0.39, 0.29) is 23.4 Å². The maximum Gasteiger partial charge on any atom is 0.191 e. The molecule has 0 aliphatic carbocycles. The van der Waals surface area contributed by atoms with E-state index in [0.29, 0.717) is 25.7 Å². The summed E-state index contributed by atoms with van der Waals surface area (Å²) in [6, 6.07) is 0. The monoisotopic (exact) mass is 238 g/mol. The molecule has 0 radical (unpaired) electrons. The third-order valence-corrected chi connectivity index (χ3v) is 3.21. The molecule has 0 saturated carbocycles. The Bertz CT molecular complexity index is 300. The Balaban J connectivity index is 2.28. The fourth-order valence-electron chi connectivity index (χ4n) is 1.62. The molecule has 17 heavy (non-hydrogen) atoms. The fourth-order valence-corrected chi connectivity index (χ4v) is 1.62. The molecule has 0 aromatic heterocycles. The van der Waals surface area contributed by atoms with Crippen molar-refractivity contribution in [1.82, 2.24) is 0 Å². The molecule has 0 saturated heterocycles. The number of hydrogen-bond donors (Lipinski definition) is 0. The molecule has 0 bridgehead atoms. The first-order valence-electron chi connectivity index (χ1n) is 6.36. The third-order valence-electron chi connectivity index (χ3n) is 3.21. The molecule has 1 rings (SSSR count). The average Bonchev–Trinajstić information content (AvgIpc) is 3.03. The molecule has 0 N–H and O–H groups in total. The smallest absolute Gasteiger partial charge is 0.191 e. The fraction of sp³-hybridized carbons (Fsp3) is 0.846. The van der Waals surface area contributed by atoms with Crippen molar-refractivity contribution in [1.29, 1.82) is 0 Å². The second kappa shape index (κ2) is 5.52. The minimum absolute atomic E-state index is 0.0723. The van der Waals surface area contributed by atoms with E-state index >= 15 is 0 Å². The molecule has 0 amide bonds. The Morgan fingerprint density at radius 3 is 1.47 bits per heavy atom. The van der Waals surface area contributed by atoms with Crippen molar-refractivity contribution in [2.45, 2.75) is 59.0 Å². The predicted molar refractivity (Wildman–Crippen MR) is 65.7 cm³/mol. The van der Waals surface area contributed by atoms with E-state index in [9.17, 15) is 9.59 Å². The lowest BCUT2D eigenvalue weighted by atomic mass is 9.94. The SMILES string of the molecule is CC(C)C(=O)CCC1(CCC(=O)C(C)C)N=N1. The molecule has 0 aromatic rings. The minimum atomic E-state index is -0.408. The summed E-state index contributed by atoms with van der Waals surface area (Å²) in [6.45, 7) is 7.61. The van der Waals surface area contributed by atoms with Crippen LogP contribution < -0.4 is 0 Å². The highest BCUT2D eigenvalue weighted by atomic mass is 16.1. The molecule has 96 valence electrons. The van der Waals surface area contributed by atoms with Crippen LogP contribution in [0.3, 0.4) is 0 Å². The maximum absolute atomic E-state index is 11.5. The van der Waals surface area contributed by atoms with Crippen molar-refractivity contribution in [3.05, 3.63) is 0 Å². The van der Waals surface area contributed by atoms with Gasteiger partial charge in [0.15, 0.2) is 5.66 Å². The zero-order valence-corrected chi connectivity index (χ0v) is 11.2. The summed E-state index contributed by atoms with van der Waals surface area (Å²) in [5.41, 5.74) is -0.408. The molecule has 0 unspecified atom stereocenters. The molecule has 0 fully saturated rings. The van der Waals surface area contributed by atoms with Gasteiger partial charge in [-0.1, -0.05) is 27.7 Å². The van der Waals surface area contributed by atoms with E-state index in [1.807, 2.05) is 27.7 Å². The normalized spacial score (nSPS) is 16.6. The largest absolute Gasteiger partial charge is 0.299 e. The summed E-state index contributed by atoms with van der Waals surface area (Å²) in [5.74, 6) is 0.639. The number of carbonyl (C=O) groups excluding carboxylic acids is 2. The summed E-state index contributed by atoms with van der Waals surface area (Å²) in [5, 5.41) is 8.03. The number of hydrogen-bond acceptors (Lipinski definition) is 4. The van der Waals surface area contributed by atoms with Gasteiger partial charge in [0.05, 0.1) is 0 Å². The van der Waals surface area contributed by atoms with Gasteiger partial charge in [0, 0.05) is 37.5 Å². The highest BCUT2D eigenvalue weighted by Crippen LogP contribution is 2.38. The van der Waals surface area contributed by atoms with Gasteiger partial charge in [-0.15, -0.1) is 0 Å². The van der Waals surface area contributed by atoms with E-state index in [4.69, 9.17) is 0 Å². The van der Waals surface area contributed by atoms with E-state index < -0.39 is 5.66 Å². The molecule has 0 aromatic carbocycles. The van der Waals surface area contributed by atoms with Crippen molar-refractivity contribution in [3.8, 4) is 0 Å². The molecule has 1 aliphatic rings. The first-order chi connectivity index (χ1) is 7.86. The van der Waals surface area contributed by atoms with Gasteiger partial charge >= 0.3 is 0 Å². The number of carbonyl (C=O) groups is 2. The Hall–Kier alpha value is -1.06. The molecule has 0 atom stereocenters. The van der Waals surface area contributed by atoms with Crippen molar-refractivity contribution in [3.63, 3.8) is 0 Å². The summed E-state index contributed by atoms with van der Waals surface area (Å²) in [4.78, 5) is 23.0. The first kappa shape index (κ1) is 14.0. The number of nitrogens with zero attached hydrogens (tertiary/aromatic N) is 2. The van der Waals surface area contributed by atoms with Crippen LogP contribution in [0.25, 0.3) is 0 Å². The summed E-state index contributed by atoms with van der Waals surface area (Å²) < 4.78 is 0. The number of ketones is 2. The van der Waals surface area contributed by atoms with Gasteiger partial charge in [0.1, 0.15) is 11.6 Å². The Kier molecular flexibility index (Phi) is 4.54. The Morgan fingerprint density at radius 1 is 0.882 bits per heavy atom. The summed E-state index contributed by atoms with van der Waals surface area (Å²) in [6.07, 6.45) is 2.35. The van der Waals surface area contributed by atoms with Gasteiger partial charge < -0.3 is 0 Å². The van der Waals surface area contributed by atoms with E-state index in [0.717, 1.165) is 0 Å². The second-order valence-corrected chi connectivity index (χ2v) is 5.42. The van der Waals surface area contributed by atoms with Crippen molar-refractivity contribution >= 4 is 11.6 Å². The summed E-state index contributed by atoms with van der Waals surface area (Å²) in [7, 11) is 0. The van der Waals surface area contributed by atoms with E-state index in [1.54, 1.807) is 0 Å². The number of Topliss-reactive ketones (excluding diaryl/α,β-unsaturated/α-hetero) is 2. The van der Waals surface area contributed by atoms with E-state index in [2.05, 4.69) is 10.2 Å². The highest BCUT2D eigenvalue weighted by molar-refractivity contribution is 5.81. The zero-order valence-electron chi connectivity index (χ0n) is 11.2. The Labute approximate surface area is 103 Å². The van der Waals surface area contributed by atoms with Crippen LogP contribution in [0.1, 0.15) is 53.4 Å². The van der Waals surface area contributed by atoms with Crippen molar-refractivity contribution in [2.75, 3.05) is 0 Å². The lowest BCUT2D eigenvalue weighted by molar-refractivity contribution is -0.122. The third kappa shape index (κ3) is 4.36. The molecular weight excluding hydrogens is 216 g/mol. The zero-order chi connectivity index (χ0) is 13.1. The lowest BCUT2D eigenvalue weighted by Gasteiger charge is -2.11. The first-order valence-corrected chi connectivity index (χ1v) is 6.36. The van der Waals surface area contributed by atoms with Gasteiger partial charge in [0.2, 0.25) is 0 Å².